The molecule has 3 rings (SSSR count). The highest BCUT2D eigenvalue weighted by Crippen LogP contribution is 2.35. The first-order valence-electron chi connectivity index (χ1n) is 6.71. The Morgan fingerprint density at radius 3 is 2.71 bits per heavy atom. The average molecular weight is 352 g/mol. The first-order valence-corrected chi connectivity index (χ1v) is 7.50. The zero-order valence-corrected chi connectivity index (χ0v) is 12.8. The van der Waals surface area contributed by atoms with Crippen LogP contribution >= 0.6 is 15.9 Å². The summed E-state index contributed by atoms with van der Waals surface area (Å²) in [6.07, 6.45) is 2.26. The first kappa shape index (κ1) is 14.1. The molecule has 0 aliphatic heterocycles. The number of carboxylic acids is 1. The molecule has 2 aromatic rings. The van der Waals surface area contributed by atoms with Gasteiger partial charge in [-0.25, -0.2) is 0 Å². The molecule has 2 N–H and O–H groups in total. The molecule has 0 saturated heterocycles. The Labute approximate surface area is 129 Å². The number of amides is 1. The number of halogens is 1. The molecule has 0 bridgehead atoms. The van der Waals surface area contributed by atoms with Crippen LogP contribution in [0.2, 0.25) is 0 Å². The molecule has 0 unspecified atom stereocenters. The van der Waals surface area contributed by atoms with Crippen LogP contribution in [-0.4, -0.2) is 22.5 Å². The number of hydrogen-bond donors (Lipinski definition) is 2. The van der Waals surface area contributed by atoms with Crippen molar-refractivity contribution in [1.29, 1.82) is 0 Å². The van der Waals surface area contributed by atoms with Crippen LogP contribution in [0.25, 0.3) is 11.0 Å². The number of carbonyl (C=O) groups excluding carboxylic acids is 1. The summed E-state index contributed by atoms with van der Waals surface area (Å²) in [5, 5.41) is 12.6. The van der Waals surface area contributed by atoms with Gasteiger partial charge in [0.15, 0.2) is 5.76 Å². The van der Waals surface area contributed by atoms with Crippen molar-refractivity contribution in [2.75, 3.05) is 0 Å². The average Bonchev–Trinajstić information content (AvgIpc) is 2.78. The first-order chi connectivity index (χ1) is 9.97. The highest BCUT2D eigenvalue weighted by molar-refractivity contribution is 9.10. The van der Waals surface area contributed by atoms with Crippen molar-refractivity contribution in [3.05, 3.63) is 34.5 Å². The maximum atomic E-state index is 12.3. The standard InChI is InChI=1S/C15H14BrNO4/c16-10-2-3-11-9(6-10)7-12(21-11)14(20)17-15(4-1-5-15)8-13(18)19/h2-3,6-7H,1,4-5,8H2,(H,17,20)(H,18,19). The Hall–Kier alpha value is -1.82. The Bertz CT molecular complexity index is 718. The number of nitrogens with one attached hydrogen (secondary N) is 1. The minimum Gasteiger partial charge on any atom is -0.481 e. The van der Waals surface area contributed by atoms with E-state index in [9.17, 15) is 9.59 Å². The summed E-state index contributed by atoms with van der Waals surface area (Å²) in [6.45, 7) is 0. The van der Waals surface area contributed by atoms with Gasteiger partial charge in [0.2, 0.25) is 0 Å². The third-order valence-electron chi connectivity index (χ3n) is 3.88. The SMILES string of the molecule is O=C(O)CC1(NC(=O)c2cc3cc(Br)ccc3o2)CCC1. The summed E-state index contributed by atoms with van der Waals surface area (Å²) in [5.41, 5.74) is 0.00638. The van der Waals surface area contributed by atoms with Crippen molar-refractivity contribution < 1.29 is 19.1 Å². The second-order valence-electron chi connectivity index (χ2n) is 5.45. The van der Waals surface area contributed by atoms with E-state index in [-0.39, 0.29) is 18.1 Å². The summed E-state index contributed by atoms with van der Waals surface area (Å²) in [7, 11) is 0. The summed E-state index contributed by atoms with van der Waals surface area (Å²) in [5.74, 6) is -1.05. The lowest BCUT2D eigenvalue weighted by Gasteiger charge is -2.41. The molecule has 1 aromatic carbocycles. The summed E-state index contributed by atoms with van der Waals surface area (Å²) in [6, 6.07) is 7.16. The monoisotopic (exact) mass is 351 g/mol. The van der Waals surface area contributed by atoms with E-state index >= 15 is 0 Å². The normalized spacial score (nSPS) is 16.4. The van der Waals surface area contributed by atoms with E-state index in [2.05, 4.69) is 21.2 Å². The second-order valence-corrected chi connectivity index (χ2v) is 6.37. The molecular weight excluding hydrogens is 338 g/mol. The quantitative estimate of drug-likeness (QED) is 0.885. The number of hydrogen-bond acceptors (Lipinski definition) is 3. The Balaban J connectivity index is 1.81. The number of benzene rings is 1. The van der Waals surface area contributed by atoms with Crippen LogP contribution in [-0.2, 0) is 4.79 Å². The fourth-order valence-electron chi connectivity index (χ4n) is 2.67. The van der Waals surface area contributed by atoms with E-state index in [1.165, 1.54) is 0 Å². The van der Waals surface area contributed by atoms with Crippen LogP contribution in [0.4, 0.5) is 0 Å². The van der Waals surface area contributed by atoms with Gasteiger partial charge in [-0.05, 0) is 43.5 Å². The van der Waals surface area contributed by atoms with Gasteiger partial charge >= 0.3 is 5.97 Å². The maximum absolute atomic E-state index is 12.3. The van der Waals surface area contributed by atoms with E-state index in [1.807, 2.05) is 12.1 Å². The molecule has 1 aliphatic rings. The second kappa shape index (κ2) is 5.18. The largest absolute Gasteiger partial charge is 0.481 e. The third kappa shape index (κ3) is 2.81. The number of aliphatic carboxylic acids is 1. The predicted octanol–water partition coefficient (Wildman–Crippen LogP) is 3.32. The van der Waals surface area contributed by atoms with Crippen LogP contribution in [0.5, 0.6) is 0 Å². The van der Waals surface area contributed by atoms with Crippen molar-refractivity contribution in [2.24, 2.45) is 0 Å². The van der Waals surface area contributed by atoms with Gasteiger partial charge in [-0.2, -0.15) is 0 Å². The van der Waals surface area contributed by atoms with Gasteiger partial charge in [0.1, 0.15) is 5.58 Å². The Morgan fingerprint density at radius 1 is 1.33 bits per heavy atom. The third-order valence-corrected chi connectivity index (χ3v) is 4.37. The molecule has 0 spiro atoms. The molecule has 5 nitrogen and oxygen atoms in total. The van der Waals surface area contributed by atoms with E-state index in [0.717, 1.165) is 16.3 Å². The molecular formula is C15H14BrNO4. The van der Waals surface area contributed by atoms with Gasteiger partial charge in [0.25, 0.3) is 5.91 Å². The molecule has 1 aromatic heterocycles. The molecule has 0 radical (unpaired) electrons. The van der Waals surface area contributed by atoms with Crippen LogP contribution in [0.3, 0.4) is 0 Å². The summed E-state index contributed by atoms with van der Waals surface area (Å²) < 4.78 is 6.43. The molecule has 1 amide bonds. The smallest absolute Gasteiger partial charge is 0.305 e. The van der Waals surface area contributed by atoms with E-state index in [1.54, 1.807) is 12.1 Å². The lowest BCUT2D eigenvalue weighted by atomic mass is 9.74. The number of fused-ring (bicyclic) bond motifs is 1. The summed E-state index contributed by atoms with van der Waals surface area (Å²) >= 11 is 3.37. The molecule has 110 valence electrons. The maximum Gasteiger partial charge on any atom is 0.305 e. The lowest BCUT2D eigenvalue weighted by Crippen LogP contribution is -2.54. The molecule has 1 saturated carbocycles. The van der Waals surface area contributed by atoms with E-state index < -0.39 is 11.5 Å². The van der Waals surface area contributed by atoms with Gasteiger partial charge in [0, 0.05) is 9.86 Å². The number of carboxylic acid groups (broad SMARTS) is 1. The van der Waals surface area contributed by atoms with Crippen molar-refractivity contribution in [1.82, 2.24) is 5.32 Å². The molecule has 21 heavy (non-hydrogen) atoms. The van der Waals surface area contributed by atoms with Crippen molar-refractivity contribution in [2.45, 2.75) is 31.2 Å². The molecule has 1 aliphatic carbocycles. The topological polar surface area (TPSA) is 79.5 Å². The van der Waals surface area contributed by atoms with E-state index in [0.29, 0.717) is 18.4 Å². The van der Waals surface area contributed by atoms with Gasteiger partial charge in [-0.15, -0.1) is 0 Å². The Morgan fingerprint density at radius 2 is 2.10 bits per heavy atom. The molecule has 1 fully saturated rings. The minimum atomic E-state index is -0.900. The minimum absolute atomic E-state index is 0.0511. The predicted molar refractivity (Wildman–Crippen MR) is 80.2 cm³/mol. The highest BCUT2D eigenvalue weighted by atomic mass is 79.9. The van der Waals surface area contributed by atoms with Crippen LogP contribution in [0.1, 0.15) is 36.2 Å². The van der Waals surface area contributed by atoms with E-state index in [4.69, 9.17) is 9.52 Å². The van der Waals surface area contributed by atoms with Crippen LogP contribution in [0, 0.1) is 0 Å². The van der Waals surface area contributed by atoms with Crippen molar-refractivity contribution in [3.8, 4) is 0 Å². The number of carbonyl (C=O) groups is 2. The van der Waals surface area contributed by atoms with Gasteiger partial charge in [-0.1, -0.05) is 15.9 Å². The Kier molecular flexibility index (Phi) is 3.49. The number of rotatable bonds is 4. The van der Waals surface area contributed by atoms with Crippen molar-refractivity contribution >= 4 is 38.8 Å². The van der Waals surface area contributed by atoms with Crippen molar-refractivity contribution in [3.63, 3.8) is 0 Å². The molecule has 6 heteroatoms. The van der Waals surface area contributed by atoms with Gasteiger partial charge in [-0.3, -0.25) is 9.59 Å². The molecule has 0 atom stereocenters. The fourth-order valence-corrected chi connectivity index (χ4v) is 3.05. The lowest BCUT2D eigenvalue weighted by molar-refractivity contribution is -0.139. The van der Waals surface area contributed by atoms with Crippen LogP contribution in [0.15, 0.2) is 33.2 Å². The highest BCUT2D eigenvalue weighted by Gasteiger charge is 2.40. The summed E-state index contributed by atoms with van der Waals surface area (Å²) in [4.78, 5) is 23.2. The number of furan rings is 1. The molecule has 1 heterocycles. The zero-order valence-electron chi connectivity index (χ0n) is 11.2. The van der Waals surface area contributed by atoms with Gasteiger partial charge < -0.3 is 14.8 Å². The van der Waals surface area contributed by atoms with Gasteiger partial charge in [0.05, 0.1) is 12.0 Å². The van der Waals surface area contributed by atoms with Crippen LogP contribution < -0.4 is 5.32 Å². The fraction of sp³-hybridized carbons (Fsp3) is 0.333. The zero-order chi connectivity index (χ0) is 15.0.